The molecule has 2 aliphatic rings. The first-order chi connectivity index (χ1) is 6.79. The van der Waals surface area contributed by atoms with Crippen LogP contribution in [0.25, 0.3) is 0 Å². The van der Waals surface area contributed by atoms with Gasteiger partial charge in [0.2, 0.25) is 5.91 Å². The van der Waals surface area contributed by atoms with Crippen molar-refractivity contribution in [3.8, 4) is 0 Å². The van der Waals surface area contributed by atoms with Crippen molar-refractivity contribution in [2.24, 2.45) is 0 Å². The van der Waals surface area contributed by atoms with Crippen molar-refractivity contribution in [1.82, 2.24) is 10.2 Å². The van der Waals surface area contributed by atoms with Gasteiger partial charge in [0, 0.05) is 6.04 Å². The summed E-state index contributed by atoms with van der Waals surface area (Å²) in [7, 11) is 0. The number of carbonyl (C=O) groups is 1. The maximum Gasteiger partial charge on any atom is 0.249 e. The van der Waals surface area contributed by atoms with E-state index >= 15 is 0 Å². The van der Waals surface area contributed by atoms with E-state index in [-0.39, 0.29) is 18.6 Å². The van der Waals surface area contributed by atoms with Crippen molar-refractivity contribution in [2.75, 3.05) is 26.3 Å². The fourth-order valence-electron chi connectivity index (χ4n) is 2.37. The molecule has 80 valence electrons. The molecule has 4 nitrogen and oxygen atoms in total. The molecule has 0 aliphatic carbocycles. The Bertz CT molecular complexity index is 214. The van der Waals surface area contributed by atoms with E-state index in [1.165, 1.54) is 0 Å². The van der Waals surface area contributed by atoms with Crippen LogP contribution >= 0.6 is 0 Å². The zero-order valence-corrected chi connectivity index (χ0v) is 8.66. The highest BCUT2D eigenvalue weighted by molar-refractivity contribution is 5.78. The molecule has 2 fully saturated rings. The Hall–Kier alpha value is -0.610. The highest BCUT2D eigenvalue weighted by atomic mass is 16.5. The molecule has 2 saturated heterocycles. The van der Waals surface area contributed by atoms with Crippen LogP contribution < -0.4 is 5.32 Å². The Labute approximate surface area is 84.6 Å². The van der Waals surface area contributed by atoms with Gasteiger partial charge >= 0.3 is 0 Å². The monoisotopic (exact) mass is 198 g/mol. The summed E-state index contributed by atoms with van der Waals surface area (Å²) in [6.45, 7) is 5.09. The van der Waals surface area contributed by atoms with E-state index in [1.54, 1.807) is 0 Å². The van der Waals surface area contributed by atoms with Crippen LogP contribution in [0.3, 0.4) is 0 Å². The molecular weight excluding hydrogens is 180 g/mol. The summed E-state index contributed by atoms with van der Waals surface area (Å²) in [5, 5.41) is 3.31. The number of rotatable bonds is 1. The Balaban J connectivity index is 2.01. The minimum atomic E-state index is 0.163. The summed E-state index contributed by atoms with van der Waals surface area (Å²) in [5.74, 6) is 0.163. The van der Waals surface area contributed by atoms with Crippen molar-refractivity contribution in [1.29, 1.82) is 0 Å². The van der Waals surface area contributed by atoms with Crippen LogP contribution in [0.5, 0.6) is 0 Å². The van der Waals surface area contributed by atoms with E-state index in [2.05, 4.69) is 12.2 Å². The highest BCUT2D eigenvalue weighted by Crippen LogP contribution is 2.18. The first kappa shape index (κ1) is 9.93. The summed E-state index contributed by atoms with van der Waals surface area (Å²) in [4.78, 5) is 13.7. The molecule has 1 N–H and O–H groups in total. The molecule has 4 heteroatoms. The first-order valence-corrected chi connectivity index (χ1v) is 5.38. The summed E-state index contributed by atoms with van der Waals surface area (Å²) < 4.78 is 5.21. The van der Waals surface area contributed by atoms with E-state index in [1.807, 2.05) is 4.90 Å². The number of amides is 1. The number of nitrogens with zero attached hydrogens (tertiary/aromatic N) is 1. The lowest BCUT2D eigenvalue weighted by molar-refractivity contribution is -0.151. The zero-order valence-electron chi connectivity index (χ0n) is 8.66. The molecule has 0 aromatic carbocycles. The predicted molar refractivity (Wildman–Crippen MR) is 53.0 cm³/mol. The number of nitrogens with one attached hydrogen (secondary N) is 1. The maximum absolute atomic E-state index is 11.7. The van der Waals surface area contributed by atoms with Crippen molar-refractivity contribution in [2.45, 2.75) is 31.8 Å². The molecule has 2 aliphatic heterocycles. The molecule has 2 heterocycles. The third-order valence-corrected chi connectivity index (χ3v) is 3.05. The molecule has 2 rings (SSSR count). The molecule has 0 spiro atoms. The molecule has 1 amide bonds. The second-order valence-electron chi connectivity index (χ2n) is 4.15. The van der Waals surface area contributed by atoms with Crippen LogP contribution in [-0.2, 0) is 9.53 Å². The van der Waals surface area contributed by atoms with Crippen molar-refractivity contribution < 1.29 is 9.53 Å². The second kappa shape index (κ2) is 4.28. The van der Waals surface area contributed by atoms with Gasteiger partial charge in [-0.15, -0.1) is 0 Å². The van der Waals surface area contributed by atoms with Gasteiger partial charge in [-0.05, 0) is 32.9 Å². The molecule has 0 aromatic rings. The molecule has 0 bridgehead atoms. The average molecular weight is 198 g/mol. The first-order valence-electron chi connectivity index (χ1n) is 5.38. The minimum Gasteiger partial charge on any atom is -0.370 e. The fourth-order valence-corrected chi connectivity index (χ4v) is 2.37. The number of carbonyl (C=O) groups excluding carboxylic acids is 1. The third-order valence-electron chi connectivity index (χ3n) is 3.05. The lowest BCUT2D eigenvalue weighted by Gasteiger charge is -2.41. The summed E-state index contributed by atoms with van der Waals surface area (Å²) >= 11 is 0. The van der Waals surface area contributed by atoms with E-state index < -0.39 is 0 Å². The molecule has 0 saturated carbocycles. The van der Waals surface area contributed by atoms with Gasteiger partial charge < -0.3 is 15.0 Å². The summed E-state index contributed by atoms with van der Waals surface area (Å²) in [5.41, 5.74) is 0. The SMILES string of the molecule is CC1COCC(=O)N1C1CCNCC1. The van der Waals surface area contributed by atoms with Crippen molar-refractivity contribution in [3.63, 3.8) is 0 Å². The number of hydrogen-bond acceptors (Lipinski definition) is 3. The van der Waals surface area contributed by atoms with Gasteiger partial charge in [-0.2, -0.15) is 0 Å². The molecule has 0 aromatic heterocycles. The average Bonchev–Trinajstić information content (AvgIpc) is 2.19. The van der Waals surface area contributed by atoms with E-state index in [0.29, 0.717) is 12.6 Å². The van der Waals surface area contributed by atoms with Crippen LogP contribution in [0, 0.1) is 0 Å². The van der Waals surface area contributed by atoms with Crippen LogP contribution in [-0.4, -0.2) is 49.2 Å². The zero-order chi connectivity index (χ0) is 9.97. The normalized spacial score (nSPS) is 30.8. The number of ether oxygens (including phenoxy) is 1. The molecular formula is C10H18N2O2. The predicted octanol–water partition coefficient (Wildman–Crippen LogP) is -0.0143. The lowest BCUT2D eigenvalue weighted by Crippen LogP contribution is -2.55. The van der Waals surface area contributed by atoms with Crippen LogP contribution in [0.15, 0.2) is 0 Å². The standard InChI is InChI=1S/C10H18N2O2/c1-8-6-14-7-10(13)12(8)9-2-4-11-5-3-9/h8-9,11H,2-7H2,1H3. The van der Waals surface area contributed by atoms with Gasteiger partial charge in [0.1, 0.15) is 6.61 Å². The maximum atomic E-state index is 11.7. The number of morpholine rings is 1. The number of hydrogen-bond donors (Lipinski definition) is 1. The van der Waals surface area contributed by atoms with E-state index in [9.17, 15) is 4.79 Å². The smallest absolute Gasteiger partial charge is 0.249 e. The summed E-state index contributed by atoms with van der Waals surface area (Å²) in [6, 6.07) is 0.682. The Morgan fingerprint density at radius 3 is 2.79 bits per heavy atom. The molecule has 14 heavy (non-hydrogen) atoms. The highest BCUT2D eigenvalue weighted by Gasteiger charge is 2.32. The van der Waals surface area contributed by atoms with Crippen LogP contribution in [0.1, 0.15) is 19.8 Å². The minimum absolute atomic E-state index is 0.163. The lowest BCUT2D eigenvalue weighted by atomic mass is 10.0. The van der Waals surface area contributed by atoms with Gasteiger partial charge in [-0.25, -0.2) is 0 Å². The van der Waals surface area contributed by atoms with Gasteiger partial charge in [0.15, 0.2) is 0 Å². The second-order valence-corrected chi connectivity index (χ2v) is 4.15. The van der Waals surface area contributed by atoms with E-state index in [0.717, 1.165) is 25.9 Å². The Morgan fingerprint density at radius 1 is 1.43 bits per heavy atom. The topological polar surface area (TPSA) is 41.6 Å². The van der Waals surface area contributed by atoms with E-state index in [4.69, 9.17) is 4.74 Å². The quantitative estimate of drug-likeness (QED) is 0.644. The molecule has 1 atom stereocenters. The van der Waals surface area contributed by atoms with Gasteiger partial charge in [-0.3, -0.25) is 4.79 Å². The molecule has 0 radical (unpaired) electrons. The Morgan fingerprint density at radius 2 is 2.14 bits per heavy atom. The van der Waals surface area contributed by atoms with Crippen LogP contribution in [0.2, 0.25) is 0 Å². The fraction of sp³-hybridized carbons (Fsp3) is 0.900. The van der Waals surface area contributed by atoms with Gasteiger partial charge in [-0.1, -0.05) is 0 Å². The molecule has 1 unspecified atom stereocenters. The van der Waals surface area contributed by atoms with Crippen molar-refractivity contribution in [3.05, 3.63) is 0 Å². The van der Waals surface area contributed by atoms with Crippen molar-refractivity contribution >= 4 is 5.91 Å². The summed E-state index contributed by atoms with van der Waals surface area (Å²) in [6.07, 6.45) is 2.16. The third kappa shape index (κ3) is 1.91. The van der Waals surface area contributed by atoms with Gasteiger partial charge in [0.05, 0.1) is 12.6 Å². The number of piperidine rings is 1. The van der Waals surface area contributed by atoms with Gasteiger partial charge in [0.25, 0.3) is 0 Å². The largest absolute Gasteiger partial charge is 0.370 e. The van der Waals surface area contributed by atoms with Crippen LogP contribution in [0.4, 0.5) is 0 Å². The Kier molecular flexibility index (Phi) is 3.03.